The highest BCUT2D eigenvalue weighted by Gasteiger charge is 2.19. The molecule has 1 fully saturated rings. The number of ether oxygens (including phenoxy) is 1. The van der Waals surface area contributed by atoms with Crippen molar-refractivity contribution >= 4 is 11.6 Å². The predicted octanol–water partition coefficient (Wildman–Crippen LogP) is 2.73. The van der Waals surface area contributed by atoms with Crippen LogP contribution in [0, 0.1) is 0 Å². The van der Waals surface area contributed by atoms with Crippen LogP contribution in [0.1, 0.15) is 52.3 Å². The molecule has 5 heteroatoms. The summed E-state index contributed by atoms with van der Waals surface area (Å²) in [5.41, 5.74) is 5.76. The molecule has 1 saturated heterocycles. The molecule has 3 N–H and O–H groups in total. The molecule has 2 rings (SSSR count). The zero-order valence-corrected chi connectivity index (χ0v) is 12.8. The summed E-state index contributed by atoms with van der Waals surface area (Å²) >= 11 is 0. The van der Waals surface area contributed by atoms with Crippen LogP contribution in [-0.4, -0.2) is 29.2 Å². The molecule has 1 aromatic rings. The Kier molecular flexibility index (Phi) is 4.81. The Labute approximate surface area is 121 Å². The lowest BCUT2D eigenvalue weighted by Crippen LogP contribution is -2.23. The van der Waals surface area contributed by atoms with E-state index >= 15 is 0 Å². The summed E-state index contributed by atoms with van der Waals surface area (Å²) in [7, 11) is 0. The Morgan fingerprint density at radius 2 is 2.15 bits per heavy atom. The van der Waals surface area contributed by atoms with Crippen LogP contribution in [0.3, 0.4) is 0 Å². The number of aromatic nitrogens is 2. The van der Waals surface area contributed by atoms with Crippen molar-refractivity contribution in [2.45, 2.75) is 58.0 Å². The van der Waals surface area contributed by atoms with Crippen LogP contribution in [0.5, 0.6) is 0 Å². The largest absolute Gasteiger partial charge is 0.384 e. The van der Waals surface area contributed by atoms with E-state index in [2.05, 4.69) is 36.1 Å². The first-order valence-electron chi connectivity index (χ1n) is 7.45. The van der Waals surface area contributed by atoms with Crippen LogP contribution < -0.4 is 11.1 Å². The molecule has 1 aliphatic heterocycles. The highest BCUT2D eigenvalue weighted by Crippen LogP contribution is 2.21. The molecule has 0 aliphatic carbocycles. The molecule has 112 valence electrons. The molecular weight excluding hydrogens is 252 g/mol. The van der Waals surface area contributed by atoms with Crippen LogP contribution in [-0.2, 0) is 10.2 Å². The van der Waals surface area contributed by atoms with Crippen molar-refractivity contribution < 1.29 is 4.74 Å². The first-order chi connectivity index (χ1) is 9.45. The number of nitrogens with two attached hydrogens (primary N) is 1. The van der Waals surface area contributed by atoms with Gasteiger partial charge in [-0.15, -0.1) is 0 Å². The lowest BCUT2D eigenvalue weighted by Gasteiger charge is -2.23. The SMILES string of the molecule is CC(C)(C)c1nc(N)cc(NCCC2CCCCO2)n1. The maximum Gasteiger partial charge on any atom is 0.138 e. The monoisotopic (exact) mass is 278 g/mol. The summed E-state index contributed by atoms with van der Waals surface area (Å²) in [5.74, 6) is 2.09. The van der Waals surface area contributed by atoms with E-state index in [1.807, 2.05) is 0 Å². The lowest BCUT2D eigenvalue weighted by molar-refractivity contribution is 0.0134. The standard InChI is InChI=1S/C15H26N4O/c1-15(2,3)14-18-12(16)10-13(19-14)17-8-7-11-6-4-5-9-20-11/h10-11H,4-9H2,1-3H3,(H3,16,17,18,19). The molecule has 2 heterocycles. The van der Waals surface area contributed by atoms with Gasteiger partial charge >= 0.3 is 0 Å². The first kappa shape index (κ1) is 15.0. The third-order valence-electron chi connectivity index (χ3n) is 3.46. The molecule has 5 nitrogen and oxygen atoms in total. The highest BCUT2D eigenvalue weighted by atomic mass is 16.5. The van der Waals surface area contributed by atoms with E-state index in [1.165, 1.54) is 19.3 Å². The van der Waals surface area contributed by atoms with Gasteiger partial charge in [0.15, 0.2) is 0 Å². The number of hydrogen-bond donors (Lipinski definition) is 2. The smallest absolute Gasteiger partial charge is 0.138 e. The van der Waals surface area contributed by atoms with Gasteiger partial charge in [-0.05, 0) is 25.7 Å². The number of hydrogen-bond acceptors (Lipinski definition) is 5. The first-order valence-corrected chi connectivity index (χ1v) is 7.45. The summed E-state index contributed by atoms with van der Waals surface area (Å²) in [6.07, 6.45) is 5.04. The molecule has 1 atom stereocenters. The number of rotatable bonds is 4. The fourth-order valence-corrected chi connectivity index (χ4v) is 2.29. The van der Waals surface area contributed by atoms with Gasteiger partial charge < -0.3 is 15.8 Å². The molecule has 1 unspecified atom stereocenters. The van der Waals surface area contributed by atoms with E-state index in [4.69, 9.17) is 10.5 Å². The van der Waals surface area contributed by atoms with Gasteiger partial charge in [-0.2, -0.15) is 0 Å². The Bertz CT molecular complexity index is 436. The summed E-state index contributed by atoms with van der Waals surface area (Å²) in [6.45, 7) is 8.01. The van der Waals surface area contributed by atoms with Crippen molar-refractivity contribution in [1.29, 1.82) is 0 Å². The van der Waals surface area contributed by atoms with Gasteiger partial charge in [0.25, 0.3) is 0 Å². The van der Waals surface area contributed by atoms with Gasteiger partial charge in [0, 0.05) is 24.6 Å². The van der Waals surface area contributed by atoms with Gasteiger partial charge in [-0.3, -0.25) is 0 Å². The second kappa shape index (κ2) is 6.39. The molecular formula is C15H26N4O. The second-order valence-electron chi connectivity index (χ2n) is 6.46. The van der Waals surface area contributed by atoms with E-state index in [0.717, 1.165) is 31.2 Å². The van der Waals surface area contributed by atoms with Gasteiger partial charge in [-0.1, -0.05) is 20.8 Å². The molecule has 0 saturated carbocycles. The average Bonchev–Trinajstić information content (AvgIpc) is 2.38. The van der Waals surface area contributed by atoms with E-state index in [-0.39, 0.29) is 5.41 Å². The van der Waals surface area contributed by atoms with Crippen LogP contribution in [0.15, 0.2) is 6.07 Å². The van der Waals surface area contributed by atoms with Crippen molar-refractivity contribution in [1.82, 2.24) is 9.97 Å². The number of nitrogen functional groups attached to an aromatic ring is 1. The Balaban J connectivity index is 1.90. The minimum atomic E-state index is -0.0989. The Hall–Kier alpha value is -1.36. The van der Waals surface area contributed by atoms with Gasteiger partial charge in [0.2, 0.25) is 0 Å². The quantitative estimate of drug-likeness (QED) is 0.886. The van der Waals surface area contributed by atoms with Crippen molar-refractivity contribution in [3.8, 4) is 0 Å². The van der Waals surface area contributed by atoms with Crippen LogP contribution in [0.25, 0.3) is 0 Å². The predicted molar refractivity (Wildman–Crippen MR) is 81.8 cm³/mol. The van der Waals surface area contributed by atoms with E-state index in [1.54, 1.807) is 6.07 Å². The summed E-state index contributed by atoms with van der Waals surface area (Å²) in [6, 6.07) is 1.79. The third-order valence-corrected chi connectivity index (χ3v) is 3.46. The molecule has 0 bridgehead atoms. The minimum Gasteiger partial charge on any atom is -0.384 e. The Morgan fingerprint density at radius 3 is 2.80 bits per heavy atom. The van der Waals surface area contributed by atoms with Crippen molar-refractivity contribution in [3.05, 3.63) is 11.9 Å². The van der Waals surface area contributed by atoms with E-state index < -0.39 is 0 Å². The van der Waals surface area contributed by atoms with Crippen LogP contribution >= 0.6 is 0 Å². The zero-order valence-electron chi connectivity index (χ0n) is 12.8. The molecule has 0 amide bonds. The zero-order chi connectivity index (χ0) is 14.6. The topological polar surface area (TPSA) is 73.1 Å². The van der Waals surface area contributed by atoms with Crippen LogP contribution in [0.4, 0.5) is 11.6 Å². The maximum absolute atomic E-state index is 5.85. The van der Waals surface area contributed by atoms with Crippen LogP contribution in [0.2, 0.25) is 0 Å². The molecule has 1 aliphatic rings. The third kappa shape index (κ3) is 4.34. The second-order valence-corrected chi connectivity index (χ2v) is 6.46. The minimum absolute atomic E-state index is 0.0989. The highest BCUT2D eigenvalue weighted by molar-refractivity contribution is 5.45. The maximum atomic E-state index is 5.85. The van der Waals surface area contributed by atoms with Crippen molar-refractivity contribution in [2.75, 3.05) is 24.2 Å². The molecule has 20 heavy (non-hydrogen) atoms. The van der Waals surface area contributed by atoms with Crippen molar-refractivity contribution in [3.63, 3.8) is 0 Å². The number of nitrogens with zero attached hydrogens (tertiary/aromatic N) is 2. The molecule has 1 aromatic heterocycles. The normalized spacial score (nSPS) is 19.9. The average molecular weight is 278 g/mol. The fourth-order valence-electron chi connectivity index (χ4n) is 2.29. The summed E-state index contributed by atoms with van der Waals surface area (Å²) in [4.78, 5) is 8.85. The number of nitrogens with one attached hydrogen (secondary N) is 1. The molecule has 0 radical (unpaired) electrons. The van der Waals surface area contributed by atoms with Gasteiger partial charge in [0.1, 0.15) is 17.5 Å². The lowest BCUT2D eigenvalue weighted by atomic mass is 9.96. The van der Waals surface area contributed by atoms with E-state index in [9.17, 15) is 0 Å². The van der Waals surface area contributed by atoms with Crippen molar-refractivity contribution in [2.24, 2.45) is 0 Å². The van der Waals surface area contributed by atoms with Gasteiger partial charge in [0.05, 0.1) is 6.10 Å². The summed E-state index contributed by atoms with van der Waals surface area (Å²) in [5, 5.41) is 3.33. The Morgan fingerprint density at radius 1 is 1.35 bits per heavy atom. The van der Waals surface area contributed by atoms with E-state index in [0.29, 0.717) is 11.9 Å². The fraction of sp³-hybridized carbons (Fsp3) is 0.733. The summed E-state index contributed by atoms with van der Waals surface area (Å²) < 4.78 is 5.72. The molecule has 0 aromatic carbocycles. The number of anilines is 2. The molecule has 0 spiro atoms. The van der Waals surface area contributed by atoms with Gasteiger partial charge in [-0.25, -0.2) is 9.97 Å².